The molecule has 1 aliphatic carbocycles. The van der Waals surface area contributed by atoms with E-state index >= 15 is 0 Å². The maximum atomic E-state index is 12.0. The van der Waals surface area contributed by atoms with E-state index in [-0.39, 0.29) is 5.41 Å². The molecule has 1 aliphatic rings. The molecule has 0 amide bonds. The Labute approximate surface area is 105 Å². The topological polar surface area (TPSA) is 17.1 Å². The van der Waals surface area contributed by atoms with Crippen LogP contribution >= 0.6 is 15.9 Å². The van der Waals surface area contributed by atoms with Crippen LogP contribution in [0.1, 0.15) is 38.2 Å². The largest absolute Gasteiger partial charge is 0.299 e. The highest BCUT2D eigenvalue weighted by Gasteiger charge is 2.34. The molecule has 1 saturated carbocycles. The molecule has 2 rings (SSSR count). The van der Waals surface area contributed by atoms with E-state index < -0.39 is 0 Å². The van der Waals surface area contributed by atoms with Gasteiger partial charge in [-0.15, -0.1) is 0 Å². The zero-order valence-electron chi connectivity index (χ0n) is 9.63. The smallest absolute Gasteiger partial charge is 0.139 e. The van der Waals surface area contributed by atoms with Gasteiger partial charge >= 0.3 is 0 Å². The maximum Gasteiger partial charge on any atom is 0.139 e. The quantitative estimate of drug-likeness (QED) is 0.796. The first-order chi connectivity index (χ1) is 7.60. The minimum absolute atomic E-state index is 0.126. The second kappa shape index (κ2) is 4.70. The predicted molar refractivity (Wildman–Crippen MR) is 69.4 cm³/mol. The van der Waals surface area contributed by atoms with E-state index in [9.17, 15) is 4.79 Å². The van der Waals surface area contributed by atoms with Crippen LogP contribution in [0.2, 0.25) is 0 Å². The normalized spacial score (nSPS) is 25.8. The number of benzene rings is 1. The molecule has 1 unspecified atom stereocenters. The zero-order chi connectivity index (χ0) is 11.6. The SMILES string of the molecule is CC1(Cc2cccc(Br)c2)CCCCC1=O. The minimum atomic E-state index is -0.126. The summed E-state index contributed by atoms with van der Waals surface area (Å²) in [5.74, 6) is 0.443. The second-order valence-electron chi connectivity index (χ2n) is 5.00. The van der Waals surface area contributed by atoms with Crippen LogP contribution in [0.3, 0.4) is 0 Å². The summed E-state index contributed by atoms with van der Waals surface area (Å²) in [5, 5.41) is 0. The number of rotatable bonds is 2. The minimum Gasteiger partial charge on any atom is -0.299 e. The highest BCUT2D eigenvalue weighted by Crippen LogP contribution is 2.36. The molecule has 16 heavy (non-hydrogen) atoms. The molecule has 0 N–H and O–H groups in total. The molecule has 86 valence electrons. The van der Waals surface area contributed by atoms with Crippen molar-refractivity contribution in [2.24, 2.45) is 5.41 Å². The second-order valence-corrected chi connectivity index (χ2v) is 5.91. The number of hydrogen-bond acceptors (Lipinski definition) is 1. The van der Waals surface area contributed by atoms with Gasteiger partial charge in [0.05, 0.1) is 0 Å². The summed E-state index contributed by atoms with van der Waals surface area (Å²) in [6.07, 6.45) is 4.96. The van der Waals surface area contributed by atoms with Crippen molar-refractivity contribution in [1.82, 2.24) is 0 Å². The molecule has 0 spiro atoms. The molecule has 1 nitrogen and oxygen atoms in total. The fraction of sp³-hybridized carbons (Fsp3) is 0.500. The molecule has 0 radical (unpaired) electrons. The van der Waals surface area contributed by atoms with Gasteiger partial charge in [0.15, 0.2) is 0 Å². The van der Waals surface area contributed by atoms with Crippen molar-refractivity contribution in [3.63, 3.8) is 0 Å². The summed E-state index contributed by atoms with van der Waals surface area (Å²) in [7, 11) is 0. The van der Waals surface area contributed by atoms with E-state index in [0.717, 1.165) is 30.2 Å². The Hall–Kier alpha value is -0.630. The lowest BCUT2D eigenvalue weighted by Crippen LogP contribution is -2.33. The molecule has 0 bridgehead atoms. The first-order valence-corrected chi connectivity index (χ1v) is 6.67. The van der Waals surface area contributed by atoms with Crippen LogP contribution in [0.4, 0.5) is 0 Å². The van der Waals surface area contributed by atoms with Crippen LogP contribution in [0.25, 0.3) is 0 Å². The summed E-state index contributed by atoms with van der Waals surface area (Å²) >= 11 is 3.47. The Balaban J connectivity index is 2.16. The van der Waals surface area contributed by atoms with Crippen LogP contribution in [-0.2, 0) is 11.2 Å². The molecule has 2 heteroatoms. The fourth-order valence-corrected chi connectivity index (χ4v) is 2.97. The third-order valence-electron chi connectivity index (χ3n) is 3.54. The molecule has 1 atom stereocenters. The van der Waals surface area contributed by atoms with Gasteiger partial charge < -0.3 is 0 Å². The number of Topliss-reactive ketones (excluding diaryl/α,β-unsaturated/α-hetero) is 1. The maximum absolute atomic E-state index is 12.0. The van der Waals surface area contributed by atoms with E-state index in [1.807, 2.05) is 12.1 Å². The molecule has 0 aliphatic heterocycles. The lowest BCUT2D eigenvalue weighted by molar-refractivity contribution is -0.130. The number of ketones is 1. The van der Waals surface area contributed by atoms with Gasteiger partial charge in [0.1, 0.15) is 5.78 Å². The van der Waals surface area contributed by atoms with Crippen LogP contribution in [-0.4, -0.2) is 5.78 Å². The van der Waals surface area contributed by atoms with Gasteiger partial charge in [-0.1, -0.05) is 41.4 Å². The third kappa shape index (κ3) is 2.54. The number of halogens is 1. The van der Waals surface area contributed by atoms with E-state index in [1.54, 1.807) is 0 Å². The van der Waals surface area contributed by atoms with Crippen molar-refractivity contribution in [2.75, 3.05) is 0 Å². The average Bonchev–Trinajstić information content (AvgIpc) is 2.23. The van der Waals surface area contributed by atoms with Crippen molar-refractivity contribution < 1.29 is 4.79 Å². The van der Waals surface area contributed by atoms with E-state index in [0.29, 0.717) is 5.78 Å². The van der Waals surface area contributed by atoms with Crippen LogP contribution < -0.4 is 0 Å². The Morgan fingerprint density at radius 1 is 1.38 bits per heavy atom. The van der Waals surface area contributed by atoms with Crippen LogP contribution in [0.5, 0.6) is 0 Å². The summed E-state index contributed by atoms with van der Waals surface area (Å²) in [5.41, 5.74) is 1.13. The predicted octanol–water partition coefficient (Wildman–Crippen LogP) is 4.14. The van der Waals surface area contributed by atoms with E-state index in [1.165, 1.54) is 12.0 Å². The van der Waals surface area contributed by atoms with E-state index in [2.05, 4.69) is 35.0 Å². The van der Waals surface area contributed by atoms with Crippen molar-refractivity contribution in [3.8, 4) is 0 Å². The highest BCUT2D eigenvalue weighted by molar-refractivity contribution is 9.10. The van der Waals surface area contributed by atoms with Crippen molar-refractivity contribution in [1.29, 1.82) is 0 Å². The number of carbonyl (C=O) groups excluding carboxylic acids is 1. The lowest BCUT2D eigenvalue weighted by atomic mass is 9.71. The molecular formula is C14H17BrO. The molecule has 0 heterocycles. The Morgan fingerprint density at radius 2 is 2.19 bits per heavy atom. The summed E-state index contributed by atoms with van der Waals surface area (Å²) in [6.45, 7) is 2.12. The molecule has 1 aromatic rings. The third-order valence-corrected chi connectivity index (χ3v) is 4.03. The number of carbonyl (C=O) groups is 1. The van der Waals surface area contributed by atoms with Gasteiger partial charge in [-0.25, -0.2) is 0 Å². The van der Waals surface area contributed by atoms with Gasteiger partial charge in [0.25, 0.3) is 0 Å². The van der Waals surface area contributed by atoms with Gasteiger partial charge in [-0.3, -0.25) is 4.79 Å². The van der Waals surface area contributed by atoms with Gasteiger partial charge in [0.2, 0.25) is 0 Å². The Morgan fingerprint density at radius 3 is 2.88 bits per heavy atom. The molecular weight excluding hydrogens is 264 g/mol. The summed E-state index contributed by atoms with van der Waals surface area (Å²) < 4.78 is 1.09. The Kier molecular flexibility index (Phi) is 3.48. The lowest BCUT2D eigenvalue weighted by Gasteiger charge is -2.32. The Bertz CT molecular complexity index is 399. The average molecular weight is 281 g/mol. The first-order valence-electron chi connectivity index (χ1n) is 5.88. The molecule has 0 saturated heterocycles. The monoisotopic (exact) mass is 280 g/mol. The van der Waals surface area contributed by atoms with Crippen molar-refractivity contribution in [2.45, 2.75) is 39.0 Å². The first kappa shape index (κ1) is 11.8. The zero-order valence-corrected chi connectivity index (χ0v) is 11.2. The number of hydrogen-bond donors (Lipinski definition) is 0. The van der Waals surface area contributed by atoms with Crippen molar-refractivity contribution >= 4 is 21.7 Å². The molecule has 0 aromatic heterocycles. The van der Waals surface area contributed by atoms with Gasteiger partial charge in [0, 0.05) is 16.3 Å². The molecule has 1 fully saturated rings. The van der Waals surface area contributed by atoms with Gasteiger partial charge in [-0.05, 0) is 37.0 Å². The van der Waals surface area contributed by atoms with E-state index in [4.69, 9.17) is 0 Å². The fourth-order valence-electron chi connectivity index (χ4n) is 2.53. The molecule has 1 aromatic carbocycles. The standard InChI is InChI=1S/C14H17BrO/c1-14(8-3-2-7-13(14)16)10-11-5-4-6-12(15)9-11/h4-6,9H,2-3,7-8,10H2,1H3. The van der Waals surface area contributed by atoms with Crippen molar-refractivity contribution in [3.05, 3.63) is 34.3 Å². The van der Waals surface area contributed by atoms with Crippen LogP contribution in [0, 0.1) is 5.41 Å². The van der Waals surface area contributed by atoms with Gasteiger partial charge in [-0.2, -0.15) is 0 Å². The highest BCUT2D eigenvalue weighted by atomic mass is 79.9. The summed E-state index contributed by atoms with van der Waals surface area (Å²) in [6, 6.07) is 8.29. The van der Waals surface area contributed by atoms with Crippen LogP contribution in [0.15, 0.2) is 28.7 Å². The summed E-state index contributed by atoms with van der Waals surface area (Å²) in [4.78, 5) is 12.0.